The van der Waals surface area contributed by atoms with E-state index in [0.29, 0.717) is 23.5 Å². The molecule has 3 N–H and O–H groups in total. The third-order valence-corrected chi connectivity index (χ3v) is 5.00. The minimum atomic E-state index is -4.57. The Kier molecular flexibility index (Phi) is 7.45. The summed E-state index contributed by atoms with van der Waals surface area (Å²) in [5.41, 5.74) is 10.5. The molecule has 0 fully saturated rings. The van der Waals surface area contributed by atoms with Crippen molar-refractivity contribution in [2.75, 3.05) is 17.6 Å². The maximum absolute atomic E-state index is 12.8. The summed E-state index contributed by atoms with van der Waals surface area (Å²) in [7, 11) is -4.57. The summed E-state index contributed by atoms with van der Waals surface area (Å²) in [6, 6.07) is 14.8. The highest BCUT2D eigenvalue weighted by molar-refractivity contribution is 7.86. The molecule has 7 nitrogen and oxygen atoms in total. The van der Waals surface area contributed by atoms with E-state index in [0.717, 1.165) is 16.8 Å². The van der Waals surface area contributed by atoms with Gasteiger partial charge in [-0.15, -0.1) is 3.89 Å². The fraction of sp³-hybridized carbons (Fsp3) is 0.136. The molecule has 0 unspecified atom stereocenters. The highest BCUT2D eigenvalue weighted by Gasteiger charge is 2.11. The van der Waals surface area contributed by atoms with Gasteiger partial charge < -0.3 is 11.1 Å². The number of pyridine rings is 2. The van der Waals surface area contributed by atoms with Crippen LogP contribution in [0.25, 0.3) is 17.0 Å². The van der Waals surface area contributed by atoms with Gasteiger partial charge in [0.05, 0.1) is 18.0 Å². The summed E-state index contributed by atoms with van der Waals surface area (Å²) < 4.78 is 34.4. The zero-order valence-corrected chi connectivity index (χ0v) is 17.5. The molecule has 0 aliphatic heterocycles. The number of nitrogens with zero attached hydrogens (tertiary/aromatic N) is 3. The molecule has 2 aromatic heterocycles. The van der Waals surface area contributed by atoms with Crippen molar-refractivity contribution in [3.63, 3.8) is 0 Å². The Balaban J connectivity index is 0.00000363. The smallest absolute Gasteiger partial charge is 0.304 e. The zero-order chi connectivity index (χ0) is 22.1. The Labute approximate surface area is 182 Å². The number of aliphatic imine (C=N–C) groups is 1. The van der Waals surface area contributed by atoms with Crippen molar-refractivity contribution in [2.45, 2.75) is 6.54 Å². The topological polar surface area (TPSA) is 110 Å². The van der Waals surface area contributed by atoms with Gasteiger partial charge in [0.2, 0.25) is 0 Å². The molecule has 2 heterocycles. The number of hydrogen-bond acceptors (Lipinski definition) is 7. The van der Waals surface area contributed by atoms with E-state index in [4.69, 9.17) is 5.73 Å². The van der Waals surface area contributed by atoms with E-state index in [2.05, 4.69) is 20.3 Å². The predicted molar refractivity (Wildman–Crippen MR) is 124 cm³/mol. The summed E-state index contributed by atoms with van der Waals surface area (Å²) in [5.74, 6) is -0.634. The van der Waals surface area contributed by atoms with Gasteiger partial charge in [-0.25, -0.2) is 0 Å². The van der Waals surface area contributed by atoms with Gasteiger partial charge in [0.25, 0.3) is 0 Å². The highest BCUT2D eigenvalue weighted by Crippen LogP contribution is 2.27. The second kappa shape index (κ2) is 10.4. The first-order valence-corrected chi connectivity index (χ1v) is 11.0. The second-order valence-electron chi connectivity index (χ2n) is 6.62. The lowest BCUT2D eigenvalue weighted by Gasteiger charge is -2.13. The van der Waals surface area contributed by atoms with Gasteiger partial charge in [0, 0.05) is 55.3 Å². The summed E-state index contributed by atoms with van der Waals surface area (Å²) in [4.78, 5) is 12.7. The first kappa shape index (κ1) is 22.1. The molecule has 162 valence electrons. The number of nitrogens with two attached hydrogens (primary N) is 1. The number of hydrogen-bond donors (Lipinski definition) is 2. The SMILES string of the molecule is N/C(=C\C=NCc1cccnc1)c1cc(-c2ccccn2)ccc1NCCS(=O)(=O)F.[HH]. The number of nitrogens with one attached hydrogen (secondary N) is 1. The molecule has 0 spiro atoms. The lowest BCUT2D eigenvalue weighted by molar-refractivity contribution is 0.552. The van der Waals surface area contributed by atoms with E-state index in [-0.39, 0.29) is 7.97 Å². The molecule has 0 aliphatic carbocycles. The quantitative estimate of drug-likeness (QED) is 0.387. The molecular formula is C22H24FN5O2S. The van der Waals surface area contributed by atoms with Crippen LogP contribution in [-0.2, 0) is 16.8 Å². The molecule has 9 heteroatoms. The van der Waals surface area contributed by atoms with Gasteiger partial charge in [0.15, 0.2) is 0 Å². The summed E-state index contributed by atoms with van der Waals surface area (Å²) in [6.45, 7) is 0.377. The van der Waals surface area contributed by atoms with Crippen molar-refractivity contribution < 1.29 is 13.7 Å². The molecule has 3 aromatic rings. The summed E-state index contributed by atoms with van der Waals surface area (Å²) in [5, 5.41) is 2.93. The Hall–Kier alpha value is -3.59. The molecule has 0 atom stereocenters. The second-order valence-corrected chi connectivity index (χ2v) is 8.10. The van der Waals surface area contributed by atoms with Crippen LogP contribution in [0.15, 0.2) is 78.2 Å². The van der Waals surface area contributed by atoms with E-state index in [1.165, 1.54) is 0 Å². The van der Waals surface area contributed by atoms with Crippen LogP contribution in [-0.4, -0.2) is 36.9 Å². The fourth-order valence-electron chi connectivity index (χ4n) is 2.81. The fourth-order valence-corrected chi connectivity index (χ4v) is 3.16. The highest BCUT2D eigenvalue weighted by atomic mass is 32.3. The average molecular weight is 442 g/mol. The molecule has 0 amide bonds. The lowest BCUT2D eigenvalue weighted by Crippen LogP contribution is -2.13. The largest absolute Gasteiger partial charge is 0.398 e. The zero-order valence-electron chi connectivity index (χ0n) is 16.6. The van der Waals surface area contributed by atoms with Gasteiger partial charge in [-0.05, 0) is 42.0 Å². The molecular weight excluding hydrogens is 417 g/mol. The van der Waals surface area contributed by atoms with Crippen molar-refractivity contribution in [3.8, 4) is 11.3 Å². The molecule has 0 radical (unpaired) electrons. The van der Waals surface area contributed by atoms with E-state index in [9.17, 15) is 12.3 Å². The van der Waals surface area contributed by atoms with Gasteiger partial charge in [-0.1, -0.05) is 18.2 Å². The van der Waals surface area contributed by atoms with Gasteiger partial charge >= 0.3 is 10.2 Å². The molecule has 0 saturated carbocycles. The maximum Gasteiger partial charge on any atom is 0.304 e. The van der Waals surface area contributed by atoms with Crippen molar-refractivity contribution in [1.29, 1.82) is 0 Å². The number of allylic oxidation sites excluding steroid dienone is 1. The van der Waals surface area contributed by atoms with E-state index in [1.54, 1.807) is 36.9 Å². The summed E-state index contributed by atoms with van der Waals surface area (Å²) >= 11 is 0. The van der Waals surface area contributed by atoms with E-state index in [1.807, 2.05) is 42.5 Å². The predicted octanol–water partition coefficient (Wildman–Crippen LogP) is 3.67. The van der Waals surface area contributed by atoms with Crippen molar-refractivity contribution in [1.82, 2.24) is 9.97 Å². The van der Waals surface area contributed by atoms with Crippen molar-refractivity contribution in [2.24, 2.45) is 10.7 Å². The van der Waals surface area contributed by atoms with Crippen LogP contribution in [0.4, 0.5) is 9.57 Å². The Morgan fingerprint density at radius 3 is 2.77 bits per heavy atom. The van der Waals surface area contributed by atoms with Crippen LogP contribution >= 0.6 is 0 Å². The lowest BCUT2D eigenvalue weighted by atomic mass is 10.0. The Bertz CT molecular complexity index is 1170. The van der Waals surface area contributed by atoms with Gasteiger partial charge in [0.1, 0.15) is 0 Å². The van der Waals surface area contributed by atoms with E-state index < -0.39 is 16.0 Å². The van der Waals surface area contributed by atoms with E-state index >= 15 is 0 Å². The molecule has 31 heavy (non-hydrogen) atoms. The molecule has 0 saturated heterocycles. The third-order valence-electron chi connectivity index (χ3n) is 4.31. The molecule has 3 rings (SSSR count). The number of halogens is 1. The van der Waals surface area contributed by atoms with Gasteiger partial charge in [-0.3, -0.25) is 15.0 Å². The number of anilines is 1. The average Bonchev–Trinajstić information content (AvgIpc) is 2.77. The Morgan fingerprint density at radius 2 is 2.06 bits per heavy atom. The maximum atomic E-state index is 12.8. The molecule has 0 aliphatic rings. The Morgan fingerprint density at radius 1 is 1.19 bits per heavy atom. The van der Waals surface area contributed by atoms with Crippen LogP contribution in [0, 0.1) is 0 Å². The normalized spacial score (nSPS) is 12.2. The number of benzene rings is 1. The van der Waals surface area contributed by atoms with Crippen LogP contribution in [0.5, 0.6) is 0 Å². The minimum absolute atomic E-state index is 0. The van der Waals surface area contributed by atoms with Gasteiger partial charge in [-0.2, -0.15) is 8.42 Å². The molecule has 1 aromatic carbocycles. The number of rotatable bonds is 9. The van der Waals surface area contributed by atoms with Crippen LogP contribution in [0.2, 0.25) is 0 Å². The number of aromatic nitrogens is 2. The van der Waals surface area contributed by atoms with Crippen LogP contribution < -0.4 is 11.1 Å². The van der Waals surface area contributed by atoms with Crippen molar-refractivity contribution in [3.05, 3.63) is 84.3 Å². The first-order chi connectivity index (χ1) is 14.9. The van der Waals surface area contributed by atoms with Crippen LogP contribution in [0.3, 0.4) is 0 Å². The monoisotopic (exact) mass is 441 g/mol. The first-order valence-electron chi connectivity index (χ1n) is 9.49. The molecule has 0 bridgehead atoms. The minimum Gasteiger partial charge on any atom is -0.398 e. The van der Waals surface area contributed by atoms with Crippen LogP contribution in [0.1, 0.15) is 12.6 Å². The standard InChI is InChI=1S/C22H22FN5O2S.H2/c23-31(29,30)13-12-28-22-7-6-18(21-5-1-2-10-27-21)14-19(22)20(24)8-11-26-16-17-4-3-9-25-15-17;/h1-11,14-15,28H,12-13,16,24H2;1H/b20-8-,26-11?;. The van der Waals surface area contributed by atoms with Crippen molar-refractivity contribution >= 4 is 27.8 Å². The third kappa shape index (κ3) is 7.00. The summed E-state index contributed by atoms with van der Waals surface area (Å²) in [6.07, 6.45) is 8.39.